The zero-order valence-corrected chi connectivity index (χ0v) is 12.4. The first-order valence-corrected chi connectivity index (χ1v) is 7.07. The summed E-state index contributed by atoms with van der Waals surface area (Å²) < 4.78 is 12.2. The van der Waals surface area contributed by atoms with Crippen LogP contribution < -0.4 is 10.8 Å². The number of hydrogen-bond acceptors (Lipinski definition) is 3. The Bertz CT molecular complexity index is 552. The van der Waals surface area contributed by atoms with Gasteiger partial charge in [0.1, 0.15) is 0 Å². The molecule has 4 nitrogen and oxygen atoms in total. The number of carbonyl (C=O) groups is 1. The van der Waals surface area contributed by atoms with Crippen LogP contribution in [0, 0.1) is 0 Å². The van der Waals surface area contributed by atoms with Crippen LogP contribution in [0.1, 0.15) is 43.6 Å². The number of hydrogen-bond donors (Lipinski definition) is 1. The highest BCUT2D eigenvalue weighted by molar-refractivity contribution is 6.62. The fraction of sp³-hybridized carbons (Fsp3) is 0.533. The molecular weight excluding hydrogens is 253 g/mol. The SMILES string of the molecule is CC1(C)OB(c2cccc3c2CCNC3=O)OC1(C)C. The van der Waals surface area contributed by atoms with Gasteiger partial charge < -0.3 is 14.6 Å². The maximum absolute atomic E-state index is 11.9. The Hall–Kier alpha value is -1.33. The fourth-order valence-electron chi connectivity index (χ4n) is 2.68. The van der Waals surface area contributed by atoms with E-state index in [4.69, 9.17) is 9.31 Å². The van der Waals surface area contributed by atoms with Gasteiger partial charge in [0.15, 0.2) is 0 Å². The highest BCUT2D eigenvalue weighted by Crippen LogP contribution is 2.36. The van der Waals surface area contributed by atoms with Crippen molar-refractivity contribution in [2.24, 2.45) is 0 Å². The van der Waals surface area contributed by atoms with Crippen LogP contribution in [-0.2, 0) is 15.7 Å². The summed E-state index contributed by atoms with van der Waals surface area (Å²) in [6.45, 7) is 8.82. The lowest BCUT2D eigenvalue weighted by Gasteiger charge is -2.32. The van der Waals surface area contributed by atoms with Crippen LogP contribution in [-0.4, -0.2) is 30.8 Å². The molecule has 106 valence electrons. The molecule has 0 aliphatic carbocycles. The second-order valence-electron chi connectivity index (χ2n) is 6.47. The quantitative estimate of drug-likeness (QED) is 0.784. The Morgan fingerprint density at radius 3 is 2.45 bits per heavy atom. The van der Waals surface area contributed by atoms with Gasteiger partial charge in [-0.2, -0.15) is 0 Å². The lowest BCUT2D eigenvalue weighted by atomic mass is 9.73. The summed E-state index contributed by atoms with van der Waals surface area (Å²) in [7, 11) is -0.402. The van der Waals surface area contributed by atoms with Crippen molar-refractivity contribution in [3.05, 3.63) is 29.3 Å². The summed E-state index contributed by atoms with van der Waals surface area (Å²) in [4.78, 5) is 11.9. The van der Waals surface area contributed by atoms with Gasteiger partial charge in [-0.15, -0.1) is 0 Å². The third kappa shape index (κ3) is 1.96. The third-order valence-corrected chi connectivity index (χ3v) is 4.62. The zero-order chi connectivity index (χ0) is 14.5. The summed E-state index contributed by atoms with van der Waals surface area (Å²) in [6.07, 6.45) is 0.821. The molecule has 1 N–H and O–H groups in total. The van der Waals surface area contributed by atoms with Crippen LogP contribution in [0.25, 0.3) is 0 Å². The van der Waals surface area contributed by atoms with Crippen LogP contribution in [0.3, 0.4) is 0 Å². The molecular formula is C15H20BNO3. The molecule has 1 saturated heterocycles. The number of carbonyl (C=O) groups excluding carboxylic acids is 1. The van der Waals surface area contributed by atoms with E-state index in [1.165, 1.54) is 0 Å². The number of amides is 1. The van der Waals surface area contributed by atoms with Gasteiger partial charge in [0, 0.05) is 12.1 Å². The minimum atomic E-state index is -0.402. The topological polar surface area (TPSA) is 47.6 Å². The lowest BCUT2D eigenvalue weighted by Crippen LogP contribution is -2.42. The molecule has 2 heterocycles. The van der Waals surface area contributed by atoms with Crippen molar-refractivity contribution >= 4 is 18.5 Å². The number of rotatable bonds is 1. The Labute approximate surface area is 120 Å². The molecule has 0 spiro atoms. The van der Waals surface area contributed by atoms with Crippen molar-refractivity contribution in [2.75, 3.05) is 6.54 Å². The molecule has 1 fully saturated rings. The predicted octanol–water partition coefficient (Wildman–Crippen LogP) is 1.27. The van der Waals surface area contributed by atoms with Gasteiger partial charge in [0.2, 0.25) is 0 Å². The molecule has 1 aromatic carbocycles. The highest BCUT2D eigenvalue weighted by Gasteiger charge is 2.52. The van der Waals surface area contributed by atoms with Crippen LogP contribution in [0.2, 0.25) is 0 Å². The second-order valence-corrected chi connectivity index (χ2v) is 6.47. The average molecular weight is 273 g/mol. The van der Waals surface area contributed by atoms with E-state index in [2.05, 4.69) is 5.32 Å². The summed E-state index contributed by atoms with van der Waals surface area (Å²) in [5, 5.41) is 2.87. The molecule has 2 aliphatic heterocycles. The molecule has 0 radical (unpaired) electrons. The molecule has 0 atom stereocenters. The number of benzene rings is 1. The largest absolute Gasteiger partial charge is 0.495 e. The van der Waals surface area contributed by atoms with Crippen LogP contribution in [0.15, 0.2) is 18.2 Å². The first-order valence-electron chi connectivity index (χ1n) is 7.07. The number of fused-ring (bicyclic) bond motifs is 1. The zero-order valence-electron chi connectivity index (χ0n) is 12.4. The molecule has 20 heavy (non-hydrogen) atoms. The van der Waals surface area contributed by atoms with E-state index < -0.39 is 7.12 Å². The first-order chi connectivity index (χ1) is 9.32. The maximum Gasteiger partial charge on any atom is 0.495 e. The number of nitrogens with one attached hydrogen (secondary N) is 1. The standard InChI is InChI=1S/C15H20BNO3/c1-14(2)15(3,4)20-16(19-14)12-7-5-6-11-10(12)8-9-17-13(11)18/h5-7H,8-9H2,1-4H3,(H,17,18). The molecule has 1 aromatic rings. The van der Waals surface area contributed by atoms with E-state index in [0.29, 0.717) is 6.54 Å². The Kier molecular flexibility index (Phi) is 2.96. The van der Waals surface area contributed by atoms with E-state index in [1.807, 2.05) is 45.9 Å². The fourth-order valence-corrected chi connectivity index (χ4v) is 2.68. The Morgan fingerprint density at radius 1 is 1.15 bits per heavy atom. The molecule has 0 aromatic heterocycles. The van der Waals surface area contributed by atoms with Crippen LogP contribution >= 0.6 is 0 Å². The van der Waals surface area contributed by atoms with Gasteiger partial charge in [-0.25, -0.2) is 0 Å². The smallest absolute Gasteiger partial charge is 0.399 e. The summed E-state index contributed by atoms with van der Waals surface area (Å²) >= 11 is 0. The van der Waals surface area contributed by atoms with Gasteiger partial charge in [0.05, 0.1) is 11.2 Å². The highest BCUT2D eigenvalue weighted by atomic mass is 16.7. The lowest BCUT2D eigenvalue weighted by molar-refractivity contribution is 0.00578. The van der Waals surface area contributed by atoms with Crippen molar-refractivity contribution in [3.63, 3.8) is 0 Å². The molecule has 0 saturated carbocycles. The maximum atomic E-state index is 11.9. The summed E-state index contributed by atoms with van der Waals surface area (Å²) in [5.41, 5.74) is 2.04. The van der Waals surface area contributed by atoms with Gasteiger partial charge in [0.25, 0.3) is 5.91 Å². The van der Waals surface area contributed by atoms with Crippen molar-refractivity contribution in [2.45, 2.75) is 45.3 Å². The van der Waals surface area contributed by atoms with Crippen LogP contribution in [0.4, 0.5) is 0 Å². The minimum absolute atomic E-state index is 0.00961. The minimum Gasteiger partial charge on any atom is -0.399 e. The van der Waals surface area contributed by atoms with Crippen molar-refractivity contribution in [1.29, 1.82) is 0 Å². The molecule has 1 amide bonds. The van der Waals surface area contributed by atoms with E-state index in [1.54, 1.807) is 0 Å². The van der Waals surface area contributed by atoms with Gasteiger partial charge in [-0.1, -0.05) is 12.1 Å². The molecule has 0 bridgehead atoms. The van der Waals surface area contributed by atoms with Gasteiger partial charge in [-0.3, -0.25) is 4.79 Å². The van der Waals surface area contributed by atoms with Crippen molar-refractivity contribution < 1.29 is 14.1 Å². The van der Waals surface area contributed by atoms with Crippen molar-refractivity contribution in [1.82, 2.24) is 5.32 Å². The average Bonchev–Trinajstić information content (AvgIpc) is 2.58. The van der Waals surface area contributed by atoms with Crippen molar-refractivity contribution in [3.8, 4) is 0 Å². The van der Waals surface area contributed by atoms with E-state index in [-0.39, 0.29) is 17.1 Å². The molecule has 0 unspecified atom stereocenters. The third-order valence-electron chi connectivity index (χ3n) is 4.62. The van der Waals surface area contributed by atoms with E-state index in [0.717, 1.165) is 23.0 Å². The monoisotopic (exact) mass is 273 g/mol. The second kappa shape index (κ2) is 4.33. The first kappa shape index (κ1) is 13.6. The van der Waals surface area contributed by atoms with Gasteiger partial charge in [-0.05, 0) is 51.2 Å². The Morgan fingerprint density at radius 2 is 1.80 bits per heavy atom. The normalized spacial score (nSPS) is 23.4. The molecule has 3 rings (SSSR count). The van der Waals surface area contributed by atoms with Gasteiger partial charge >= 0.3 is 7.12 Å². The Balaban J connectivity index is 2.01. The van der Waals surface area contributed by atoms with E-state index in [9.17, 15) is 4.79 Å². The molecule has 2 aliphatic rings. The summed E-state index contributed by atoms with van der Waals surface area (Å²) in [6, 6.07) is 5.75. The van der Waals surface area contributed by atoms with Crippen LogP contribution in [0.5, 0.6) is 0 Å². The predicted molar refractivity (Wildman–Crippen MR) is 78.2 cm³/mol. The molecule has 5 heteroatoms. The van der Waals surface area contributed by atoms with E-state index >= 15 is 0 Å². The summed E-state index contributed by atoms with van der Waals surface area (Å²) in [5.74, 6) is -0.00961.